The van der Waals surface area contributed by atoms with Crippen molar-refractivity contribution < 1.29 is 22.8 Å². The molecule has 0 fully saturated rings. The van der Waals surface area contributed by atoms with Gasteiger partial charge >= 0.3 is 0 Å². The van der Waals surface area contributed by atoms with Gasteiger partial charge in [0.1, 0.15) is 0 Å². The summed E-state index contributed by atoms with van der Waals surface area (Å²) in [5, 5.41) is 4.93. The molecule has 28 heavy (non-hydrogen) atoms. The molecular weight excluding hydrogens is 382 g/mol. The van der Waals surface area contributed by atoms with Gasteiger partial charge in [-0.25, -0.2) is 8.42 Å². The Morgan fingerprint density at radius 1 is 0.929 bits per heavy atom. The molecule has 1 heterocycles. The second-order valence-electron chi connectivity index (χ2n) is 7.38. The first-order chi connectivity index (χ1) is 13.0. The molecule has 0 aromatic heterocycles. The molecule has 2 aromatic rings. The van der Waals surface area contributed by atoms with Gasteiger partial charge in [0, 0.05) is 16.8 Å². The highest BCUT2D eigenvalue weighted by Gasteiger charge is 2.28. The normalized spacial score (nSPS) is 13.7. The van der Waals surface area contributed by atoms with Crippen LogP contribution in [0.25, 0.3) is 0 Å². The van der Waals surface area contributed by atoms with E-state index >= 15 is 0 Å². The van der Waals surface area contributed by atoms with Crippen molar-refractivity contribution >= 4 is 33.4 Å². The lowest BCUT2D eigenvalue weighted by molar-refractivity contribution is 0.0876. The van der Waals surface area contributed by atoms with E-state index in [2.05, 4.69) is 15.4 Å². The van der Waals surface area contributed by atoms with Gasteiger partial charge in [-0.2, -0.15) is 0 Å². The Morgan fingerprint density at radius 2 is 1.54 bits per heavy atom. The number of anilines is 1. The van der Waals surface area contributed by atoms with Crippen LogP contribution in [0.15, 0.2) is 47.4 Å². The van der Waals surface area contributed by atoms with Crippen molar-refractivity contribution in [1.29, 1.82) is 0 Å². The summed E-state index contributed by atoms with van der Waals surface area (Å²) in [7, 11) is -3.98. The number of imide groups is 1. The van der Waals surface area contributed by atoms with Crippen molar-refractivity contribution in [3.63, 3.8) is 0 Å². The van der Waals surface area contributed by atoms with Gasteiger partial charge in [-0.3, -0.25) is 24.4 Å². The molecule has 0 saturated carbocycles. The number of amides is 3. The summed E-state index contributed by atoms with van der Waals surface area (Å²) in [5.41, 5.74) is 0.414. The van der Waals surface area contributed by atoms with E-state index in [0.29, 0.717) is 5.56 Å². The third-order valence-corrected chi connectivity index (χ3v) is 5.28. The average Bonchev–Trinajstić information content (AvgIpc) is 2.87. The van der Waals surface area contributed by atoms with Crippen LogP contribution in [0.5, 0.6) is 0 Å². The van der Waals surface area contributed by atoms with E-state index in [0.717, 1.165) is 6.07 Å². The molecule has 1 aliphatic heterocycles. The van der Waals surface area contributed by atoms with Gasteiger partial charge in [0.25, 0.3) is 27.7 Å². The quantitative estimate of drug-likeness (QED) is 0.676. The van der Waals surface area contributed by atoms with Gasteiger partial charge in [-0.05, 0) is 63.2 Å². The largest absolute Gasteiger partial charge is 0.347 e. The van der Waals surface area contributed by atoms with Crippen molar-refractivity contribution in [2.45, 2.75) is 31.2 Å². The minimum atomic E-state index is -3.98. The molecule has 0 unspecified atom stereocenters. The molecule has 3 amide bonds. The molecule has 0 atom stereocenters. The van der Waals surface area contributed by atoms with Gasteiger partial charge < -0.3 is 5.32 Å². The highest BCUT2D eigenvalue weighted by atomic mass is 32.2. The highest BCUT2D eigenvalue weighted by molar-refractivity contribution is 7.92. The Balaban J connectivity index is 1.80. The van der Waals surface area contributed by atoms with Gasteiger partial charge in [-0.15, -0.1) is 0 Å². The predicted octanol–water partition coefficient (Wildman–Crippen LogP) is 1.90. The van der Waals surface area contributed by atoms with Crippen LogP contribution in [0.3, 0.4) is 0 Å². The monoisotopic (exact) mass is 401 g/mol. The topological polar surface area (TPSA) is 121 Å². The van der Waals surface area contributed by atoms with Crippen LogP contribution in [-0.2, 0) is 10.0 Å². The highest BCUT2D eigenvalue weighted by Crippen LogP contribution is 2.22. The fraction of sp³-hybridized carbons (Fsp3) is 0.211. The van der Waals surface area contributed by atoms with Crippen molar-refractivity contribution in [3.05, 3.63) is 59.2 Å². The third kappa shape index (κ3) is 4.04. The molecule has 8 nitrogen and oxygen atoms in total. The van der Waals surface area contributed by atoms with Crippen LogP contribution in [0.1, 0.15) is 51.8 Å². The lowest BCUT2D eigenvalue weighted by Gasteiger charge is -2.20. The molecule has 0 bridgehead atoms. The fourth-order valence-corrected chi connectivity index (χ4v) is 3.72. The first kappa shape index (κ1) is 19.6. The van der Waals surface area contributed by atoms with E-state index < -0.39 is 27.4 Å². The van der Waals surface area contributed by atoms with Crippen LogP contribution in [-0.4, -0.2) is 31.7 Å². The van der Waals surface area contributed by atoms with E-state index in [1.165, 1.54) is 36.4 Å². The zero-order chi connectivity index (χ0) is 20.7. The van der Waals surface area contributed by atoms with Crippen LogP contribution in [0.2, 0.25) is 0 Å². The Morgan fingerprint density at radius 3 is 2.14 bits per heavy atom. The zero-order valence-corrected chi connectivity index (χ0v) is 16.3. The standard InChI is InChI=1S/C19H19N3O5S/c1-19(2,3)21-16(23)11-4-6-12(7-5-11)22-28(26,27)13-8-9-14-15(10-13)18(25)20-17(14)24/h4-10,22H,1-3H3,(H,21,23)(H,20,24,25). The number of fused-ring (bicyclic) bond motifs is 1. The third-order valence-electron chi connectivity index (χ3n) is 3.91. The first-order valence-electron chi connectivity index (χ1n) is 8.41. The van der Waals surface area contributed by atoms with Crippen LogP contribution in [0.4, 0.5) is 5.69 Å². The molecular formula is C19H19N3O5S. The lowest BCUT2D eigenvalue weighted by atomic mass is 10.1. The summed E-state index contributed by atoms with van der Waals surface area (Å²) >= 11 is 0. The number of nitrogens with one attached hydrogen (secondary N) is 3. The minimum Gasteiger partial charge on any atom is -0.347 e. The van der Waals surface area contributed by atoms with Crippen LogP contribution < -0.4 is 15.4 Å². The maximum Gasteiger partial charge on any atom is 0.261 e. The van der Waals surface area contributed by atoms with Gasteiger partial charge in [0.2, 0.25) is 0 Å². The summed E-state index contributed by atoms with van der Waals surface area (Å²) < 4.78 is 27.6. The second kappa shape index (κ2) is 6.75. The number of sulfonamides is 1. The van der Waals surface area contributed by atoms with E-state index in [9.17, 15) is 22.8 Å². The minimum absolute atomic E-state index is 0.0158. The van der Waals surface area contributed by atoms with Crippen molar-refractivity contribution in [1.82, 2.24) is 10.6 Å². The molecule has 2 aromatic carbocycles. The molecule has 1 aliphatic rings. The van der Waals surface area contributed by atoms with E-state index in [4.69, 9.17) is 0 Å². The average molecular weight is 401 g/mol. The smallest absolute Gasteiger partial charge is 0.261 e. The lowest BCUT2D eigenvalue weighted by Crippen LogP contribution is -2.40. The zero-order valence-electron chi connectivity index (χ0n) is 15.5. The fourth-order valence-electron chi connectivity index (χ4n) is 2.63. The Labute approximate surface area is 162 Å². The van der Waals surface area contributed by atoms with Gasteiger partial charge in [0.15, 0.2) is 0 Å². The van der Waals surface area contributed by atoms with Crippen LogP contribution in [0, 0.1) is 0 Å². The van der Waals surface area contributed by atoms with E-state index in [1.54, 1.807) is 0 Å². The van der Waals surface area contributed by atoms with E-state index in [-0.39, 0.29) is 27.6 Å². The summed E-state index contributed by atoms with van der Waals surface area (Å²) in [6.07, 6.45) is 0. The maximum atomic E-state index is 12.6. The van der Waals surface area contributed by atoms with Gasteiger partial charge in [-0.1, -0.05) is 0 Å². The first-order valence-corrected chi connectivity index (χ1v) is 9.90. The summed E-state index contributed by atoms with van der Waals surface area (Å²) in [4.78, 5) is 35.3. The SMILES string of the molecule is CC(C)(C)NC(=O)c1ccc(NS(=O)(=O)c2ccc3c(c2)C(=O)NC3=O)cc1. The molecule has 0 radical (unpaired) electrons. The molecule has 0 saturated heterocycles. The molecule has 0 spiro atoms. The Bertz CT molecular complexity index is 1080. The molecule has 3 N–H and O–H groups in total. The maximum absolute atomic E-state index is 12.6. The number of hydrogen-bond acceptors (Lipinski definition) is 5. The van der Waals surface area contributed by atoms with Crippen molar-refractivity contribution in [2.75, 3.05) is 4.72 Å². The Hall–Kier alpha value is -3.20. The second-order valence-corrected chi connectivity index (χ2v) is 9.06. The molecule has 9 heteroatoms. The van der Waals surface area contributed by atoms with Crippen LogP contribution >= 0.6 is 0 Å². The number of carbonyl (C=O) groups excluding carboxylic acids is 3. The van der Waals surface area contributed by atoms with E-state index in [1.807, 2.05) is 20.8 Å². The summed E-state index contributed by atoms with van der Waals surface area (Å²) in [5.74, 6) is -1.46. The van der Waals surface area contributed by atoms with Gasteiger partial charge in [0.05, 0.1) is 16.0 Å². The van der Waals surface area contributed by atoms with Crippen molar-refractivity contribution in [2.24, 2.45) is 0 Å². The van der Waals surface area contributed by atoms with Crippen molar-refractivity contribution in [3.8, 4) is 0 Å². The number of carbonyl (C=O) groups is 3. The molecule has 3 rings (SSSR count). The predicted molar refractivity (Wildman–Crippen MR) is 103 cm³/mol. The molecule has 146 valence electrons. The number of benzene rings is 2. The summed E-state index contributed by atoms with van der Waals surface area (Å²) in [6.45, 7) is 5.58. The molecule has 0 aliphatic carbocycles. The summed E-state index contributed by atoms with van der Waals surface area (Å²) in [6, 6.07) is 9.66. The number of rotatable bonds is 4. The Kier molecular flexibility index (Phi) is 4.72. The number of hydrogen-bond donors (Lipinski definition) is 3.